The minimum absolute atomic E-state index is 0.764. The lowest BCUT2D eigenvalue weighted by atomic mass is 10.2. The van der Waals surface area contributed by atoms with Gasteiger partial charge in [0.15, 0.2) is 5.16 Å². The van der Waals surface area contributed by atoms with Crippen LogP contribution in [0.25, 0.3) is 11.0 Å². The molecular weight excluding hydrogens is 344 g/mol. The fourth-order valence-electron chi connectivity index (χ4n) is 2.64. The van der Waals surface area contributed by atoms with Crippen molar-refractivity contribution in [3.05, 3.63) is 78.4 Å². The average Bonchev–Trinajstić information content (AvgIpc) is 3.10. The quantitative estimate of drug-likeness (QED) is 0.450. The van der Waals surface area contributed by atoms with Crippen LogP contribution in [0.5, 0.6) is 17.2 Å². The number of thioether (sulfide) groups is 1. The molecule has 0 spiro atoms. The summed E-state index contributed by atoms with van der Waals surface area (Å²) in [7, 11) is 1.66. The summed E-state index contributed by atoms with van der Waals surface area (Å²) in [4.78, 5) is 7.97. The van der Waals surface area contributed by atoms with E-state index in [1.54, 1.807) is 18.9 Å². The number of ether oxygens (including phenoxy) is 2. The van der Waals surface area contributed by atoms with E-state index in [-0.39, 0.29) is 0 Å². The molecule has 0 unspecified atom stereocenters. The van der Waals surface area contributed by atoms with Gasteiger partial charge in [-0.25, -0.2) is 4.98 Å². The molecule has 1 N–H and O–H groups in total. The average molecular weight is 362 g/mol. The third-order valence-corrected chi connectivity index (χ3v) is 4.90. The van der Waals surface area contributed by atoms with Crippen molar-refractivity contribution in [2.45, 2.75) is 10.9 Å². The third kappa shape index (κ3) is 3.68. The second kappa shape index (κ2) is 7.54. The predicted octanol–water partition coefficient (Wildman–Crippen LogP) is 5.66. The Balaban J connectivity index is 1.51. The second-order valence-corrected chi connectivity index (χ2v) is 6.70. The number of H-pyrrole nitrogens is 1. The van der Waals surface area contributed by atoms with Crippen LogP contribution in [0.3, 0.4) is 0 Å². The van der Waals surface area contributed by atoms with Gasteiger partial charge in [0.05, 0.1) is 18.1 Å². The number of para-hydroxylation sites is 2. The maximum atomic E-state index is 6.03. The molecule has 0 fully saturated rings. The summed E-state index contributed by atoms with van der Waals surface area (Å²) in [5.41, 5.74) is 3.03. The Morgan fingerprint density at radius 3 is 2.58 bits per heavy atom. The molecule has 26 heavy (non-hydrogen) atoms. The minimum atomic E-state index is 0.764. The van der Waals surface area contributed by atoms with E-state index in [0.717, 1.165) is 44.8 Å². The molecule has 0 aliphatic carbocycles. The molecule has 4 aromatic rings. The van der Waals surface area contributed by atoms with Gasteiger partial charge in [0.2, 0.25) is 0 Å². The highest BCUT2D eigenvalue weighted by Crippen LogP contribution is 2.31. The van der Waals surface area contributed by atoms with E-state index in [9.17, 15) is 0 Å². The van der Waals surface area contributed by atoms with Crippen LogP contribution in [0, 0.1) is 0 Å². The maximum absolute atomic E-state index is 6.03. The van der Waals surface area contributed by atoms with Crippen molar-refractivity contribution in [1.82, 2.24) is 9.97 Å². The SMILES string of the molecule is COc1ccc2nc(SCc3ccccc3Oc3ccccc3)[nH]c2c1. The van der Waals surface area contributed by atoms with Crippen LogP contribution < -0.4 is 9.47 Å². The number of aromatic amines is 1. The van der Waals surface area contributed by atoms with Crippen molar-refractivity contribution in [2.24, 2.45) is 0 Å². The van der Waals surface area contributed by atoms with Crippen molar-refractivity contribution in [2.75, 3.05) is 7.11 Å². The number of nitrogens with zero attached hydrogens (tertiary/aromatic N) is 1. The van der Waals surface area contributed by atoms with Gasteiger partial charge >= 0.3 is 0 Å². The van der Waals surface area contributed by atoms with Gasteiger partial charge in [0.1, 0.15) is 17.2 Å². The topological polar surface area (TPSA) is 47.1 Å². The summed E-state index contributed by atoms with van der Waals surface area (Å²) < 4.78 is 11.3. The summed E-state index contributed by atoms with van der Waals surface area (Å²) >= 11 is 1.65. The molecule has 4 nitrogen and oxygen atoms in total. The zero-order valence-electron chi connectivity index (χ0n) is 14.3. The van der Waals surface area contributed by atoms with Crippen molar-refractivity contribution >= 4 is 22.8 Å². The highest BCUT2D eigenvalue weighted by Gasteiger charge is 2.08. The van der Waals surface area contributed by atoms with Gasteiger partial charge in [-0.2, -0.15) is 0 Å². The van der Waals surface area contributed by atoms with Crippen LogP contribution in [-0.2, 0) is 5.75 Å². The lowest BCUT2D eigenvalue weighted by Gasteiger charge is -2.10. The highest BCUT2D eigenvalue weighted by molar-refractivity contribution is 7.98. The van der Waals surface area contributed by atoms with Crippen LogP contribution in [0.1, 0.15) is 5.56 Å². The van der Waals surface area contributed by atoms with Crippen molar-refractivity contribution in [3.8, 4) is 17.2 Å². The standard InChI is InChI=1S/C21H18N2O2S/c1-24-17-11-12-18-19(13-17)23-21(22-18)26-14-15-7-5-6-10-20(15)25-16-8-3-2-4-9-16/h2-13H,14H2,1H3,(H,22,23). The zero-order chi connectivity index (χ0) is 17.8. The van der Waals surface area contributed by atoms with Crippen LogP contribution in [0.4, 0.5) is 0 Å². The van der Waals surface area contributed by atoms with Gasteiger partial charge in [-0.1, -0.05) is 48.2 Å². The molecule has 5 heteroatoms. The molecule has 0 aliphatic rings. The van der Waals surface area contributed by atoms with Gasteiger partial charge < -0.3 is 14.5 Å². The van der Waals surface area contributed by atoms with Gasteiger partial charge in [-0.15, -0.1) is 0 Å². The molecule has 130 valence electrons. The van der Waals surface area contributed by atoms with E-state index in [1.807, 2.05) is 66.7 Å². The molecule has 0 bridgehead atoms. The van der Waals surface area contributed by atoms with E-state index in [4.69, 9.17) is 9.47 Å². The number of imidazole rings is 1. The molecule has 0 radical (unpaired) electrons. The number of rotatable bonds is 6. The molecule has 0 amide bonds. The predicted molar refractivity (Wildman–Crippen MR) is 105 cm³/mol. The number of fused-ring (bicyclic) bond motifs is 1. The molecule has 3 aromatic carbocycles. The Hall–Kier alpha value is -2.92. The van der Waals surface area contributed by atoms with Crippen molar-refractivity contribution in [1.29, 1.82) is 0 Å². The summed E-state index contributed by atoms with van der Waals surface area (Å²) in [6, 6.07) is 23.7. The first-order chi connectivity index (χ1) is 12.8. The number of benzene rings is 3. The maximum Gasteiger partial charge on any atom is 0.166 e. The zero-order valence-corrected chi connectivity index (χ0v) is 15.1. The molecule has 0 saturated carbocycles. The van der Waals surface area contributed by atoms with E-state index in [0.29, 0.717) is 0 Å². The van der Waals surface area contributed by atoms with Crippen LogP contribution in [0.2, 0.25) is 0 Å². The Morgan fingerprint density at radius 1 is 0.923 bits per heavy atom. The summed E-state index contributed by atoms with van der Waals surface area (Å²) in [6.45, 7) is 0. The Morgan fingerprint density at radius 2 is 1.73 bits per heavy atom. The number of methoxy groups -OCH3 is 1. The van der Waals surface area contributed by atoms with E-state index >= 15 is 0 Å². The lowest BCUT2D eigenvalue weighted by Crippen LogP contribution is -1.90. The van der Waals surface area contributed by atoms with E-state index < -0.39 is 0 Å². The largest absolute Gasteiger partial charge is 0.497 e. The first-order valence-electron chi connectivity index (χ1n) is 8.29. The summed E-state index contributed by atoms with van der Waals surface area (Å²) in [6.07, 6.45) is 0. The van der Waals surface area contributed by atoms with Gasteiger partial charge in [0.25, 0.3) is 0 Å². The molecular formula is C21H18N2O2S. The van der Waals surface area contributed by atoms with Crippen molar-refractivity contribution in [3.63, 3.8) is 0 Å². The third-order valence-electron chi connectivity index (χ3n) is 3.98. The normalized spacial score (nSPS) is 10.8. The lowest BCUT2D eigenvalue weighted by molar-refractivity contribution is 0.415. The summed E-state index contributed by atoms with van der Waals surface area (Å²) in [5, 5.41) is 0.878. The molecule has 1 aromatic heterocycles. The van der Waals surface area contributed by atoms with Crippen molar-refractivity contribution < 1.29 is 9.47 Å². The fourth-order valence-corrected chi connectivity index (χ4v) is 3.52. The van der Waals surface area contributed by atoms with Crippen LogP contribution >= 0.6 is 11.8 Å². The number of hydrogen-bond donors (Lipinski definition) is 1. The Kier molecular flexibility index (Phi) is 4.80. The molecule has 0 saturated heterocycles. The smallest absolute Gasteiger partial charge is 0.166 e. The Labute approximate surface area is 156 Å². The highest BCUT2D eigenvalue weighted by atomic mass is 32.2. The molecule has 0 atom stereocenters. The van der Waals surface area contributed by atoms with Gasteiger partial charge in [-0.3, -0.25) is 0 Å². The Bertz CT molecular complexity index is 1010. The van der Waals surface area contributed by atoms with Gasteiger partial charge in [-0.05, 0) is 30.3 Å². The van der Waals surface area contributed by atoms with Gasteiger partial charge in [0, 0.05) is 17.4 Å². The second-order valence-electron chi connectivity index (χ2n) is 5.74. The first kappa shape index (κ1) is 16.5. The molecule has 1 heterocycles. The van der Waals surface area contributed by atoms with Crippen LogP contribution in [0.15, 0.2) is 78.0 Å². The molecule has 4 rings (SSSR count). The molecule has 0 aliphatic heterocycles. The number of nitrogens with one attached hydrogen (secondary N) is 1. The monoisotopic (exact) mass is 362 g/mol. The first-order valence-corrected chi connectivity index (χ1v) is 9.28. The number of hydrogen-bond acceptors (Lipinski definition) is 4. The van der Waals surface area contributed by atoms with E-state index in [2.05, 4.69) is 16.0 Å². The van der Waals surface area contributed by atoms with E-state index in [1.165, 1.54) is 0 Å². The fraction of sp³-hybridized carbons (Fsp3) is 0.0952. The summed E-state index contributed by atoms with van der Waals surface area (Å²) in [5.74, 6) is 3.28. The minimum Gasteiger partial charge on any atom is -0.497 e. The number of aromatic nitrogens is 2. The van der Waals surface area contributed by atoms with Crippen LogP contribution in [-0.4, -0.2) is 17.1 Å².